The van der Waals surface area contributed by atoms with Crippen LogP contribution in [0.3, 0.4) is 0 Å². The highest BCUT2D eigenvalue weighted by atomic mass is 19.3. The minimum atomic E-state index is -2.44. The smallest absolute Gasteiger partial charge is 0.248 e. The maximum Gasteiger partial charge on any atom is 0.248 e. The summed E-state index contributed by atoms with van der Waals surface area (Å²) < 4.78 is 26.6. The fourth-order valence-corrected chi connectivity index (χ4v) is 2.97. The molecule has 0 bridgehead atoms. The minimum absolute atomic E-state index is 0.0400. The fraction of sp³-hybridized carbons (Fsp3) is 0.688. The van der Waals surface area contributed by atoms with Gasteiger partial charge in [-0.25, -0.2) is 8.78 Å². The molecule has 4 heteroatoms. The van der Waals surface area contributed by atoms with Crippen molar-refractivity contribution in [1.82, 2.24) is 10.3 Å². The molecular weight excluding hydrogens is 258 g/mol. The Hall–Kier alpha value is -1.03. The van der Waals surface area contributed by atoms with Crippen molar-refractivity contribution in [3.05, 3.63) is 30.1 Å². The third-order valence-electron chi connectivity index (χ3n) is 4.19. The Labute approximate surface area is 120 Å². The molecule has 1 atom stereocenters. The van der Waals surface area contributed by atoms with Gasteiger partial charge in [0.2, 0.25) is 5.92 Å². The average Bonchev–Trinajstić information content (AvgIpc) is 2.45. The van der Waals surface area contributed by atoms with Gasteiger partial charge >= 0.3 is 0 Å². The van der Waals surface area contributed by atoms with Crippen LogP contribution in [-0.2, 0) is 6.42 Å². The molecule has 2 nitrogen and oxygen atoms in total. The Bertz CT molecular complexity index is 385. The van der Waals surface area contributed by atoms with Crippen molar-refractivity contribution < 1.29 is 8.78 Å². The van der Waals surface area contributed by atoms with Crippen LogP contribution in [0.2, 0.25) is 0 Å². The first-order chi connectivity index (χ1) is 9.61. The zero-order valence-electron chi connectivity index (χ0n) is 12.1. The molecule has 1 aliphatic carbocycles. The van der Waals surface area contributed by atoms with E-state index >= 15 is 0 Å². The summed E-state index contributed by atoms with van der Waals surface area (Å²) in [5.41, 5.74) is 1.23. The van der Waals surface area contributed by atoms with Crippen molar-refractivity contribution in [2.24, 2.45) is 5.92 Å². The lowest BCUT2D eigenvalue weighted by atomic mass is 9.80. The highest BCUT2D eigenvalue weighted by molar-refractivity contribution is 5.12. The summed E-state index contributed by atoms with van der Waals surface area (Å²) in [5, 5.41) is 3.55. The van der Waals surface area contributed by atoms with E-state index < -0.39 is 5.92 Å². The van der Waals surface area contributed by atoms with Gasteiger partial charge in [-0.2, -0.15) is 0 Å². The molecule has 2 rings (SSSR count). The molecule has 0 aromatic carbocycles. The monoisotopic (exact) mass is 282 g/mol. The SMILES string of the molecule is CCCNC(Cc1ccncc1)C1CCC(F)(F)CC1. The lowest BCUT2D eigenvalue weighted by molar-refractivity contribution is -0.0495. The second kappa shape index (κ2) is 7.11. The van der Waals surface area contributed by atoms with Gasteiger partial charge in [0.15, 0.2) is 0 Å². The van der Waals surface area contributed by atoms with Gasteiger partial charge in [-0.3, -0.25) is 4.98 Å². The highest BCUT2D eigenvalue weighted by Gasteiger charge is 2.37. The maximum absolute atomic E-state index is 13.3. The number of aromatic nitrogens is 1. The van der Waals surface area contributed by atoms with E-state index in [4.69, 9.17) is 0 Å². The molecule has 0 aliphatic heterocycles. The molecule has 1 aromatic rings. The summed E-state index contributed by atoms with van der Waals surface area (Å²) in [4.78, 5) is 4.03. The number of rotatable bonds is 6. The molecule has 112 valence electrons. The van der Waals surface area contributed by atoms with Gasteiger partial charge in [0.05, 0.1) is 0 Å². The Balaban J connectivity index is 1.96. The van der Waals surface area contributed by atoms with Crippen LogP contribution in [-0.4, -0.2) is 23.5 Å². The van der Waals surface area contributed by atoms with Crippen LogP contribution in [0.15, 0.2) is 24.5 Å². The molecular formula is C16H24F2N2. The van der Waals surface area contributed by atoms with Gasteiger partial charge in [-0.15, -0.1) is 0 Å². The highest BCUT2D eigenvalue weighted by Crippen LogP contribution is 2.38. The van der Waals surface area contributed by atoms with Crippen LogP contribution in [0, 0.1) is 5.92 Å². The Morgan fingerprint density at radius 1 is 1.30 bits per heavy atom. The van der Waals surface area contributed by atoms with Crippen LogP contribution < -0.4 is 5.32 Å². The Kier molecular flexibility index (Phi) is 5.46. The van der Waals surface area contributed by atoms with Crippen molar-refractivity contribution >= 4 is 0 Å². The second-order valence-electron chi connectivity index (χ2n) is 5.81. The summed E-state index contributed by atoms with van der Waals surface area (Å²) in [6, 6.07) is 4.32. The second-order valence-corrected chi connectivity index (χ2v) is 5.81. The predicted octanol–water partition coefficient (Wildman–Crippen LogP) is 3.82. The molecule has 1 N–H and O–H groups in total. The van der Waals surface area contributed by atoms with E-state index in [2.05, 4.69) is 17.2 Å². The van der Waals surface area contributed by atoms with E-state index in [9.17, 15) is 8.78 Å². The number of nitrogens with zero attached hydrogens (tertiary/aromatic N) is 1. The standard InChI is InChI=1S/C16H24F2N2/c1-2-9-20-15(12-13-5-10-19-11-6-13)14-3-7-16(17,18)8-4-14/h5-6,10-11,14-15,20H,2-4,7-9,12H2,1H3. The summed E-state index contributed by atoms with van der Waals surface area (Å²) in [5.74, 6) is -2.09. The molecule has 0 radical (unpaired) electrons. The Morgan fingerprint density at radius 2 is 1.95 bits per heavy atom. The molecule has 1 aromatic heterocycles. The summed E-state index contributed by atoms with van der Waals surface area (Å²) in [6.07, 6.45) is 6.88. The fourth-order valence-electron chi connectivity index (χ4n) is 2.97. The van der Waals surface area contributed by atoms with Crippen molar-refractivity contribution in [3.63, 3.8) is 0 Å². The van der Waals surface area contributed by atoms with Crippen molar-refractivity contribution in [2.45, 2.75) is 57.4 Å². The van der Waals surface area contributed by atoms with E-state index in [-0.39, 0.29) is 12.8 Å². The maximum atomic E-state index is 13.3. The first-order valence-corrected chi connectivity index (χ1v) is 7.61. The van der Waals surface area contributed by atoms with Crippen LogP contribution >= 0.6 is 0 Å². The van der Waals surface area contributed by atoms with E-state index in [1.54, 1.807) is 12.4 Å². The molecule has 1 unspecified atom stereocenters. The van der Waals surface area contributed by atoms with Gasteiger partial charge in [-0.1, -0.05) is 6.92 Å². The third-order valence-corrected chi connectivity index (χ3v) is 4.19. The van der Waals surface area contributed by atoms with E-state index in [0.29, 0.717) is 24.8 Å². The van der Waals surface area contributed by atoms with Gasteiger partial charge in [-0.05, 0) is 55.8 Å². The van der Waals surface area contributed by atoms with E-state index in [1.165, 1.54) is 5.56 Å². The molecule has 1 fully saturated rings. The predicted molar refractivity (Wildman–Crippen MR) is 76.9 cm³/mol. The summed E-state index contributed by atoms with van der Waals surface area (Å²) in [6.45, 7) is 3.08. The van der Waals surface area contributed by atoms with Gasteiger partial charge in [0.25, 0.3) is 0 Å². The molecule has 0 spiro atoms. The third kappa shape index (κ3) is 4.51. The Morgan fingerprint density at radius 3 is 2.55 bits per heavy atom. The number of pyridine rings is 1. The largest absolute Gasteiger partial charge is 0.313 e. The van der Waals surface area contributed by atoms with Crippen molar-refractivity contribution in [2.75, 3.05) is 6.54 Å². The average molecular weight is 282 g/mol. The molecule has 0 saturated heterocycles. The number of hydrogen-bond acceptors (Lipinski definition) is 2. The molecule has 20 heavy (non-hydrogen) atoms. The van der Waals surface area contributed by atoms with Crippen molar-refractivity contribution in [1.29, 1.82) is 0 Å². The number of alkyl halides is 2. The zero-order valence-corrected chi connectivity index (χ0v) is 12.1. The van der Waals surface area contributed by atoms with Gasteiger partial charge in [0.1, 0.15) is 0 Å². The van der Waals surface area contributed by atoms with Crippen LogP contribution in [0.1, 0.15) is 44.6 Å². The lowest BCUT2D eigenvalue weighted by Gasteiger charge is -2.34. The van der Waals surface area contributed by atoms with E-state index in [0.717, 1.165) is 19.4 Å². The van der Waals surface area contributed by atoms with Gasteiger partial charge in [0, 0.05) is 31.3 Å². The van der Waals surface area contributed by atoms with Crippen LogP contribution in [0.5, 0.6) is 0 Å². The normalized spacial score (nSPS) is 20.8. The number of hydrogen-bond donors (Lipinski definition) is 1. The van der Waals surface area contributed by atoms with E-state index in [1.807, 2.05) is 12.1 Å². The van der Waals surface area contributed by atoms with Crippen LogP contribution in [0.25, 0.3) is 0 Å². The lowest BCUT2D eigenvalue weighted by Crippen LogP contribution is -2.41. The molecule has 0 amide bonds. The molecule has 1 aliphatic rings. The molecule has 1 heterocycles. The molecule has 1 saturated carbocycles. The summed E-state index contributed by atoms with van der Waals surface area (Å²) in [7, 11) is 0. The quantitative estimate of drug-likeness (QED) is 0.858. The number of halogens is 2. The minimum Gasteiger partial charge on any atom is -0.313 e. The van der Waals surface area contributed by atoms with Crippen LogP contribution in [0.4, 0.5) is 8.78 Å². The topological polar surface area (TPSA) is 24.9 Å². The van der Waals surface area contributed by atoms with Crippen molar-refractivity contribution in [3.8, 4) is 0 Å². The first-order valence-electron chi connectivity index (χ1n) is 7.61. The first kappa shape index (κ1) is 15.4. The summed E-state index contributed by atoms with van der Waals surface area (Å²) >= 11 is 0. The number of nitrogens with one attached hydrogen (secondary N) is 1. The zero-order chi connectivity index (χ0) is 14.4. The van der Waals surface area contributed by atoms with Gasteiger partial charge < -0.3 is 5.32 Å².